The number of amides is 2. The SMILES string of the molecule is O=C(N[C@@H](Cc1ccc(F)cc1)C(=O)N1CCN(CCCO)CC1)c1cc2cc(Cl)ncc2[nH]1. The zero-order valence-electron chi connectivity index (χ0n) is 18.6. The van der Waals surface area contributed by atoms with Gasteiger partial charge in [-0.3, -0.25) is 14.5 Å². The number of hydrogen-bond acceptors (Lipinski definition) is 5. The van der Waals surface area contributed by atoms with Gasteiger partial charge in [0, 0.05) is 51.1 Å². The van der Waals surface area contributed by atoms with Gasteiger partial charge in [-0.05, 0) is 36.2 Å². The highest BCUT2D eigenvalue weighted by atomic mass is 35.5. The molecule has 3 aromatic rings. The molecule has 0 spiro atoms. The molecule has 34 heavy (non-hydrogen) atoms. The molecule has 1 fully saturated rings. The third kappa shape index (κ3) is 5.91. The number of rotatable bonds is 8. The van der Waals surface area contributed by atoms with Crippen LogP contribution in [0.1, 0.15) is 22.5 Å². The molecule has 0 radical (unpaired) electrons. The number of benzene rings is 1. The topological polar surface area (TPSA) is 102 Å². The van der Waals surface area contributed by atoms with Gasteiger partial charge in [-0.25, -0.2) is 9.37 Å². The lowest BCUT2D eigenvalue weighted by Crippen LogP contribution is -2.55. The van der Waals surface area contributed by atoms with Gasteiger partial charge in [-0.2, -0.15) is 0 Å². The molecule has 0 bridgehead atoms. The summed E-state index contributed by atoms with van der Waals surface area (Å²) in [6.45, 7) is 3.42. The fraction of sp³-hybridized carbons (Fsp3) is 0.375. The van der Waals surface area contributed by atoms with Gasteiger partial charge >= 0.3 is 0 Å². The summed E-state index contributed by atoms with van der Waals surface area (Å²) in [7, 11) is 0. The number of piperazine rings is 1. The van der Waals surface area contributed by atoms with Crippen molar-refractivity contribution in [1.29, 1.82) is 0 Å². The molecule has 1 aromatic carbocycles. The summed E-state index contributed by atoms with van der Waals surface area (Å²) >= 11 is 5.94. The number of halogens is 2. The Morgan fingerprint density at radius 2 is 1.91 bits per heavy atom. The van der Waals surface area contributed by atoms with Crippen LogP contribution in [0, 0.1) is 5.82 Å². The highest BCUT2D eigenvalue weighted by Gasteiger charge is 2.29. The number of H-pyrrole nitrogens is 1. The van der Waals surface area contributed by atoms with Crippen LogP contribution in [-0.4, -0.2) is 82.1 Å². The van der Waals surface area contributed by atoms with Crippen molar-refractivity contribution in [3.63, 3.8) is 0 Å². The maximum Gasteiger partial charge on any atom is 0.268 e. The summed E-state index contributed by atoms with van der Waals surface area (Å²) in [6, 6.07) is 8.42. The van der Waals surface area contributed by atoms with E-state index in [0.717, 1.165) is 17.5 Å². The van der Waals surface area contributed by atoms with Crippen molar-refractivity contribution in [3.05, 3.63) is 64.8 Å². The molecular formula is C24H27ClFN5O3. The van der Waals surface area contributed by atoms with Gasteiger partial charge in [0.2, 0.25) is 5.91 Å². The molecule has 3 heterocycles. The second-order valence-electron chi connectivity index (χ2n) is 8.38. The second kappa shape index (κ2) is 10.9. The minimum atomic E-state index is -0.810. The second-order valence-corrected chi connectivity index (χ2v) is 8.77. The Bertz CT molecular complexity index is 1150. The zero-order chi connectivity index (χ0) is 24.1. The maximum absolute atomic E-state index is 13.4. The molecule has 0 unspecified atom stereocenters. The number of pyridine rings is 1. The van der Waals surface area contributed by atoms with Crippen LogP contribution in [0.15, 0.2) is 42.6 Å². The highest BCUT2D eigenvalue weighted by Crippen LogP contribution is 2.18. The van der Waals surface area contributed by atoms with Crippen LogP contribution in [0.4, 0.5) is 4.39 Å². The molecule has 1 aliphatic heterocycles. The molecule has 4 rings (SSSR count). The third-order valence-corrected chi connectivity index (χ3v) is 6.20. The Balaban J connectivity index is 1.49. The van der Waals surface area contributed by atoms with Gasteiger partial charge < -0.3 is 20.3 Å². The average molecular weight is 488 g/mol. The lowest BCUT2D eigenvalue weighted by molar-refractivity contribution is -0.135. The van der Waals surface area contributed by atoms with E-state index < -0.39 is 11.9 Å². The quantitative estimate of drug-likeness (QED) is 0.423. The molecule has 1 aliphatic rings. The fourth-order valence-corrected chi connectivity index (χ4v) is 4.29. The molecule has 10 heteroatoms. The van der Waals surface area contributed by atoms with E-state index in [1.54, 1.807) is 35.4 Å². The monoisotopic (exact) mass is 487 g/mol. The van der Waals surface area contributed by atoms with Crippen LogP contribution < -0.4 is 5.32 Å². The van der Waals surface area contributed by atoms with Crippen molar-refractivity contribution in [1.82, 2.24) is 25.1 Å². The standard InChI is InChI=1S/C24H27ClFN5O3/c25-22-14-17-13-19(28-21(17)15-27-22)23(33)29-20(12-16-2-4-18(26)5-3-16)24(34)31-9-7-30(8-10-31)6-1-11-32/h2-5,13-15,20,28,32H,1,6-12H2,(H,29,33)/t20-/m0/s1. The number of aliphatic hydroxyl groups is 1. The Morgan fingerprint density at radius 3 is 2.62 bits per heavy atom. The lowest BCUT2D eigenvalue weighted by Gasteiger charge is -2.36. The number of hydrogen-bond donors (Lipinski definition) is 3. The first-order valence-electron chi connectivity index (χ1n) is 11.2. The van der Waals surface area contributed by atoms with E-state index in [1.807, 2.05) is 0 Å². The van der Waals surface area contributed by atoms with E-state index in [9.17, 15) is 14.0 Å². The van der Waals surface area contributed by atoms with Gasteiger partial charge in [0.15, 0.2) is 0 Å². The van der Waals surface area contributed by atoms with E-state index >= 15 is 0 Å². The molecule has 0 saturated carbocycles. The summed E-state index contributed by atoms with van der Waals surface area (Å²) in [4.78, 5) is 37.4. The Kier molecular flexibility index (Phi) is 7.77. The summed E-state index contributed by atoms with van der Waals surface area (Å²) < 4.78 is 13.4. The van der Waals surface area contributed by atoms with Crippen molar-refractivity contribution in [2.45, 2.75) is 18.9 Å². The fourth-order valence-electron chi connectivity index (χ4n) is 4.13. The maximum atomic E-state index is 13.4. The van der Waals surface area contributed by atoms with Crippen molar-refractivity contribution in [2.24, 2.45) is 0 Å². The molecule has 0 aliphatic carbocycles. The number of aliphatic hydroxyl groups excluding tert-OH is 1. The van der Waals surface area contributed by atoms with E-state index in [-0.39, 0.29) is 24.8 Å². The Morgan fingerprint density at radius 1 is 1.18 bits per heavy atom. The smallest absolute Gasteiger partial charge is 0.268 e. The predicted octanol–water partition coefficient (Wildman–Crippen LogP) is 2.22. The number of carbonyl (C=O) groups is 2. The van der Waals surface area contributed by atoms with Crippen LogP contribution in [-0.2, 0) is 11.2 Å². The Labute approximate surface area is 201 Å². The lowest BCUT2D eigenvalue weighted by atomic mass is 10.0. The normalized spacial score (nSPS) is 15.4. The van der Waals surface area contributed by atoms with E-state index in [0.29, 0.717) is 49.0 Å². The summed E-state index contributed by atoms with van der Waals surface area (Å²) in [5, 5.41) is 13.0. The van der Waals surface area contributed by atoms with Crippen LogP contribution in [0.5, 0.6) is 0 Å². The third-order valence-electron chi connectivity index (χ3n) is 5.99. The van der Waals surface area contributed by atoms with E-state index in [1.165, 1.54) is 12.1 Å². The molecule has 3 N–H and O–H groups in total. The first-order valence-corrected chi connectivity index (χ1v) is 11.6. The number of fused-ring (bicyclic) bond motifs is 1. The summed E-state index contributed by atoms with van der Waals surface area (Å²) in [6.07, 6.45) is 2.48. The first kappa shape index (κ1) is 24.1. The van der Waals surface area contributed by atoms with Gasteiger partial charge in [0.25, 0.3) is 5.91 Å². The minimum Gasteiger partial charge on any atom is -0.396 e. The molecule has 8 nitrogen and oxygen atoms in total. The number of nitrogens with one attached hydrogen (secondary N) is 2. The van der Waals surface area contributed by atoms with Crippen molar-refractivity contribution in [2.75, 3.05) is 39.3 Å². The number of carbonyl (C=O) groups excluding carboxylic acids is 2. The van der Waals surface area contributed by atoms with E-state index in [2.05, 4.69) is 20.2 Å². The number of aromatic amines is 1. The molecule has 180 valence electrons. The van der Waals surface area contributed by atoms with Gasteiger partial charge in [-0.1, -0.05) is 23.7 Å². The molecule has 1 saturated heterocycles. The van der Waals surface area contributed by atoms with Crippen LogP contribution in [0.2, 0.25) is 5.15 Å². The van der Waals surface area contributed by atoms with Crippen LogP contribution in [0.25, 0.3) is 10.9 Å². The Hall–Kier alpha value is -3.01. The zero-order valence-corrected chi connectivity index (χ0v) is 19.4. The van der Waals surface area contributed by atoms with Crippen molar-refractivity contribution < 1.29 is 19.1 Å². The summed E-state index contributed by atoms with van der Waals surface area (Å²) in [5.41, 5.74) is 1.70. The molecular weight excluding hydrogens is 461 g/mol. The van der Waals surface area contributed by atoms with Gasteiger partial charge in [0.1, 0.15) is 22.7 Å². The first-order chi connectivity index (χ1) is 16.4. The van der Waals surface area contributed by atoms with E-state index in [4.69, 9.17) is 16.7 Å². The van der Waals surface area contributed by atoms with Crippen LogP contribution in [0.3, 0.4) is 0 Å². The number of nitrogens with zero attached hydrogens (tertiary/aromatic N) is 3. The average Bonchev–Trinajstić information content (AvgIpc) is 3.27. The predicted molar refractivity (Wildman–Crippen MR) is 127 cm³/mol. The molecule has 2 amide bonds. The largest absolute Gasteiger partial charge is 0.396 e. The summed E-state index contributed by atoms with van der Waals surface area (Å²) in [5.74, 6) is -0.963. The van der Waals surface area contributed by atoms with Gasteiger partial charge in [0.05, 0.1) is 11.7 Å². The number of aromatic nitrogens is 2. The van der Waals surface area contributed by atoms with Gasteiger partial charge in [-0.15, -0.1) is 0 Å². The van der Waals surface area contributed by atoms with Crippen molar-refractivity contribution >= 4 is 34.3 Å². The highest BCUT2D eigenvalue weighted by molar-refractivity contribution is 6.30. The minimum absolute atomic E-state index is 0.140. The molecule has 1 atom stereocenters. The van der Waals surface area contributed by atoms with Crippen LogP contribution >= 0.6 is 11.6 Å². The van der Waals surface area contributed by atoms with Crippen molar-refractivity contribution in [3.8, 4) is 0 Å². The molecule has 2 aromatic heterocycles.